The minimum atomic E-state index is -2.14. The monoisotopic (exact) mass is 210 g/mol. The number of aromatic amines is 1. The van der Waals surface area contributed by atoms with Crippen molar-refractivity contribution in [3.63, 3.8) is 0 Å². The van der Waals surface area contributed by atoms with Gasteiger partial charge in [0.25, 0.3) is 5.56 Å². The molecule has 2 aromatic heterocycles. The van der Waals surface area contributed by atoms with E-state index in [1.807, 2.05) is 0 Å². The molecule has 5 nitrogen and oxygen atoms in total. The van der Waals surface area contributed by atoms with Gasteiger partial charge < -0.3 is 9.54 Å². The summed E-state index contributed by atoms with van der Waals surface area (Å²) >= 11 is -2.14. The molecular weight excluding hydrogens is 204 g/mol. The normalized spacial score (nSPS) is 12.9. The summed E-state index contributed by atoms with van der Waals surface area (Å²) < 4.78 is 19.8. The van der Waals surface area contributed by atoms with Crippen LogP contribution in [0.3, 0.4) is 0 Å². The van der Waals surface area contributed by atoms with Crippen LogP contribution in [0, 0.1) is 0 Å². The van der Waals surface area contributed by atoms with Crippen LogP contribution >= 0.6 is 0 Å². The molecule has 0 aliphatic rings. The fraction of sp³-hybridized carbons (Fsp3) is 0. The zero-order valence-corrected chi connectivity index (χ0v) is 7.75. The zero-order valence-electron chi connectivity index (χ0n) is 6.93. The molecule has 72 valence electrons. The van der Waals surface area contributed by atoms with Crippen molar-refractivity contribution in [3.05, 3.63) is 34.9 Å². The van der Waals surface area contributed by atoms with Crippen molar-refractivity contribution in [2.75, 3.05) is 0 Å². The first-order valence-electron chi connectivity index (χ1n) is 3.77. The van der Waals surface area contributed by atoms with E-state index < -0.39 is 11.1 Å². The molecule has 6 heteroatoms. The van der Waals surface area contributed by atoms with E-state index in [2.05, 4.69) is 9.97 Å². The third-order valence-electron chi connectivity index (χ3n) is 1.81. The van der Waals surface area contributed by atoms with E-state index in [1.165, 1.54) is 12.4 Å². The maximum Gasteiger partial charge on any atom is 0.257 e. The van der Waals surface area contributed by atoms with E-state index in [1.54, 1.807) is 12.1 Å². The summed E-state index contributed by atoms with van der Waals surface area (Å²) in [5, 5.41) is 0.312. The van der Waals surface area contributed by atoms with E-state index in [-0.39, 0.29) is 16.0 Å². The molecule has 0 aliphatic carbocycles. The highest BCUT2D eigenvalue weighted by atomic mass is 32.2. The highest BCUT2D eigenvalue weighted by Crippen LogP contribution is 2.13. The maximum atomic E-state index is 11.3. The quantitative estimate of drug-likeness (QED) is 0.671. The van der Waals surface area contributed by atoms with Gasteiger partial charge in [0.2, 0.25) is 0 Å². The molecule has 0 bridgehead atoms. The molecule has 2 heterocycles. The van der Waals surface area contributed by atoms with Crippen molar-refractivity contribution in [3.8, 4) is 0 Å². The lowest BCUT2D eigenvalue weighted by Gasteiger charge is -1.99. The molecular formula is C8H6N2O3S. The first kappa shape index (κ1) is 9.04. The smallest absolute Gasteiger partial charge is 0.257 e. The Balaban J connectivity index is 2.96. The highest BCUT2D eigenvalue weighted by Gasteiger charge is 2.09. The number of rotatable bonds is 1. The Hall–Kier alpha value is -1.53. The summed E-state index contributed by atoms with van der Waals surface area (Å²) in [6.45, 7) is 0. The van der Waals surface area contributed by atoms with Crippen LogP contribution in [-0.2, 0) is 11.1 Å². The Kier molecular flexibility index (Phi) is 2.14. The summed E-state index contributed by atoms with van der Waals surface area (Å²) in [6, 6.07) is 3.15. The molecule has 0 saturated heterocycles. The number of pyridine rings is 2. The predicted octanol–water partition coefficient (Wildman–Crippen LogP) is 0.504. The Morgan fingerprint density at radius 3 is 3.00 bits per heavy atom. The minimum Gasteiger partial charge on any atom is -0.327 e. The Morgan fingerprint density at radius 1 is 1.50 bits per heavy atom. The zero-order chi connectivity index (χ0) is 10.1. The predicted molar refractivity (Wildman–Crippen MR) is 51.4 cm³/mol. The second kappa shape index (κ2) is 3.32. The first-order valence-corrected chi connectivity index (χ1v) is 4.88. The van der Waals surface area contributed by atoms with Gasteiger partial charge in [-0.05, 0) is 12.1 Å². The number of fused-ring (bicyclic) bond motifs is 1. The summed E-state index contributed by atoms with van der Waals surface area (Å²) in [4.78, 5) is 17.7. The van der Waals surface area contributed by atoms with Crippen LogP contribution in [0.4, 0.5) is 0 Å². The van der Waals surface area contributed by atoms with Gasteiger partial charge in [0.1, 0.15) is 4.90 Å². The summed E-state index contributed by atoms with van der Waals surface area (Å²) in [7, 11) is 0. The van der Waals surface area contributed by atoms with E-state index in [9.17, 15) is 9.00 Å². The van der Waals surface area contributed by atoms with E-state index in [4.69, 9.17) is 4.55 Å². The Bertz CT molecular complexity index is 564. The lowest BCUT2D eigenvalue weighted by molar-refractivity contribution is 0.564. The van der Waals surface area contributed by atoms with Crippen LogP contribution in [0.2, 0.25) is 0 Å². The van der Waals surface area contributed by atoms with Crippen molar-refractivity contribution in [2.45, 2.75) is 4.90 Å². The SMILES string of the molecule is O=c1[nH]cc(S(=O)O)c2ncccc12. The number of nitrogens with one attached hydrogen (secondary N) is 1. The molecule has 0 spiro atoms. The molecule has 14 heavy (non-hydrogen) atoms. The van der Waals surface area contributed by atoms with Crippen LogP contribution in [0.15, 0.2) is 34.2 Å². The third-order valence-corrected chi connectivity index (χ3v) is 2.50. The maximum absolute atomic E-state index is 11.3. The Labute approximate surface area is 81.1 Å². The number of aromatic nitrogens is 2. The second-order valence-corrected chi connectivity index (χ2v) is 3.57. The number of H-pyrrole nitrogens is 1. The Morgan fingerprint density at radius 2 is 2.29 bits per heavy atom. The summed E-state index contributed by atoms with van der Waals surface area (Å²) in [5.41, 5.74) is -0.0561. The standard InChI is InChI=1S/C8H6N2O3S/c11-8-5-2-1-3-9-7(5)6(4-10-8)14(12)13/h1-4H,(H,10,11)(H,12,13). The van der Waals surface area contributed by atoms with Crippen molar-refractivity contribution in [1.82, 2.24) is 9.97 Å². The molecule has 2 N–H and O–H groups in total. The summed E-state index contributed by atoms with van der Waals surface area (Å²) in [6.07, 6.45) is 2.67. The molecule has 1 unspecified atom stereocenters. The largest absolute Gasteiger partial charge is 0.327 e. The van der Waals surface area contributed by atoms with Crippen LogP contribution in [0.25, 0.3) is 10.9 Å². The number of nitrogens with zero attached hydrogens (tertiary/aromatic N) is 1. The molecule has 0 aliphatic heterocycles. The van der Waals surface area contributed by atoms with Gasteiger partial charge in [-0.15, -0.1) is 0 Å². The van der Waals surface area contributed by atoms with Crippen LogP contribution in [0.1, 0.15) is 0 Å². The van der Waals surface area contributed by atoms with Crippen molar-refractivity contribution in [2.24, 2.45) is 0 Å². The van der Waals surface area contributed by atoms with Crippen molar-refractivity contribution < 1.29 is 8.76 Å². The molecule has 0 radical (unpaired) electrons. The van der Waals surface area contributed by atoms with Gasteiger partial charge in [-0.2, -0.15) is 0 Å². The van der Waals surface area contributed by atoms with Gasteiger partial charge in [0.05, 0.1) is 10.9 Å². The highest BCUT2D eigenvalue weighted by molar-refractivity contribution is 7.79. The van der Waals surface area contributed by atoms with Gasteiger partial charge in [0, 0.05) is 12.4 Å². The van der Waals surface area contributed by atoms with E-state index >= 15 is 0 Å². The van der Waals surface area contributed by atoms with Crippen molar-refractivity contribution in [1.29, 1.82) is 0 Å². The van der Waals surface area contributed by atoms with E-state index in [0.29, 0.717) is 5.39 Å². The topological polar surface area (TPSA) is 83.0 Å². The van der Waals surface area contributed by atoms with Crippen LogP contribution < -0.4 is 5.56 Å². The van der Waals surface area contributed by atoms with Gasteiger partial charge >= 0.3 is 0 Å². The van der Waals surface area contributed by atoms with Crippen molar-refractivity contribution >= 4 is 22.0 Å². The number of hydrogen-bond acceptors (Lipinski definition) is 3. The average molecular weight is 210 g/mol. The molecule has 1 atom stereocenters. The molecule has 0 saturated carbocycles. The molecule has 2 aromatic rings. The van der Waals surface area contributed by atoms with Gasteiger partial charge in [-0.1, -0.05) is 0 Å². The first-order chi connectivity index (χ1) is 6.70. The molecule has 0 aromatic carbocycles. The fourth-order valence-corrected chi connectivity index (χ4v) is 1.68. The van der Waals surface area contributed by atoms with Gasteiger partial charge in [-0.25, -0.2) is 4.21 Å². The van der Waals surface area contributed by atoms with Gasteiger partial charge in [-0.3, -0.25) is 9.78 Å². The van der Waals surface area contributed by atoms with Gasteiger partial charge in [0.15, 0.2) is 11.1 Å². The number of hydrogen-bond donors (Lipinski definition) is 2. The summed E-state index contributed by atoms with van der Waals surface area (Å²) in [5.74, 6) is 0. The third kappa shape index (κ3) is 1.34. The fourth-order valence-electron chi connectivity index (χ4n) is 1.20. The minimum absolute atomic E-state index is 0.111. The molecule has 0 amide bonds. The lowest BCUT2D eigenvalue weighted by atomic mass is 10.3. The van der Waals surface area contributed by atoms with E-state index in [0.717, 1.165) is 0 Å². The molecule has 0 fully saturated rings. The van der Waals surface area contributed by atoms with Crippen LogP contribution in [0.5, 0.6) is 0 Å². The average Bonchev–Trinajstić information content (AvgIpc) is 2.18. The van der Waals surface area contributed by atoms with Crippen LogP contribution in [-0.4, -0.2) is 18.7 Å². The second-order valence-electron chi connectivity index (χ2n) is 2.63. The molecule has 2 rings (SSSR count). The lowest BCUT2D eigenvalue weighted by Crippen LogP contribution is -2.08.